The van der Waals surface area contributed by atoms with E-state index >= 15 is 0 Å². The van der Waals surface area contributed by atoms with Crippen molar-refractivity contribution in [2.75, 3.05) is 0 Å². The average molecular weight is 327 g/mol. The van der Waals surface area contributed by atoms with Crippen LogP contribution in [-0.2, 0) is 11.8 Å². The predicted molar refractivity (Wildman–Crippen MR) is 92.2 cm³/mol. The van der Waals surface area contributed by atoms with Crippen molar-refractivity contribution in [1.29, 1.82) is 0 Å². The molecular weight excluding hydrogens is 310 g/mol. The Kier molecular flexibility index (Phi) is 4.52. The summed E-state index contributed by atoms with van der Waals surface area (Å²) in [5.74, 6) is -0.768. The van der Waals surface area contributed by atoms with Crippen LogP contribution in [0.2, 0.25) is 0 Å². The standard InChI is InChI=1S/C17H17N3O2S/c1-20-11-12(10-18-20)9-13(5-4-8-16(21)22)17-19-14-6-2-3-7-15(14)23-17/h2-3,6-7,9-11H,4-5,8H2,1H3,(H,21,22)/b13-9-. The van der Waals surface area contributed by atoms with Crippen molar-refractivity contribution < 1.29 is 9.90 Å². The molecule has 1 aromatic carbocycles. The van der Waals surface area contributed by atoms with Crippen molar-refractivity contribution in [2.24, 2.45) is 7.05 Å². The SMILES string of the molecule is Cn1cc(/C=C(/CCCC(=O)O)c2nc3ccccc3s2)cn1. The number of hydrogen-bond acceptors (Lipinski definition) is 4. The van der Waals surface area contributed by atoms with Crippen molar-refractivity contribution in [2.45, 2.75) is 19.3 Å². The Morgan fingerprint density at radius 3 is 2.87 bits per heavy atom. The minimum Gasteiger partial charge on any atom is -0.481 e. The van der Waals surface area contributed by atoms with Gasteiger partial charge < -0.3 is 5.11 Å². The van der Waals surface area contributed by atoms with Gasteiger partial charge in [0, 0.05) is 25.2 Å². The van der Waals surface area contributed by atoms with Crippen LogP contribution in [0.25, 0.3) is 21.9 Å². The van der Waals surface area contributed by atoms with E-state index in [4.69, 9.17) is 5.11 Å². The highest BCUT2D eigenvalue weighted by Crippen LogP contribution is 2.31. The minimum atomic E-state index is -0.768. The van der Waals surface area contributed by atoms with Gasteiger partial charge in [0.1, 0.15) is 5.01 Å². The topological polar surface area (TPSA) is 68.0 Å². The van der Waals surface area contributed by atoms with E-state index in [0.717, 1.165) is 26.4 Å². The van der Waals surface area contributed by atoms with Crippen LogP contribution in [-0.4, -0.2) is 25.8 Å². The lowest BCUT2D eigenvalue weighted by molar-refractivity contribution is -0.137. The second-order valence-corrected chi connectivity index (χ2v) is 6.38. The number of thiazole rings is 1. The molecule has 0 aliphatic rings. The fourth-order valence-corrected chi connectivity index (χ4v) is 3.41. The van der Waals surface area contributed by atoms with Gasteiger partial charge in [-0.15, -0.1) is 11.3 Å². The van der Waals surface area contributed by atoms with Gasteiger partial charge in [-0.3, -0.25) is 9.48 Å². The van der Waals surface area contributed by atoms with E-state index in [1.807, 2.05) is 37.5 Å². The monoisotopic (exact) mass is 327 g/mol. The highest BCUT2D eigenvalue weighted by atomic mass is 32.1. The summed E-state index contributed by atoms with van der Waals surface area (Å²) in [6, 6.07) is 8.02. The van der Waals surface area contributed by atoms with Crippen LogP contribution in [0, 0.1) is 0 Å². The number of aliphatic carboxylic acids is 1. The summed E-state index contributed by atoms with van der Waals surface area (Å²) in [4.78, 5) is 15.5. The largest absolute Gasteiger partial charge is 0.481 e. The number of carbonyl (C=O) groups is 1. The Labute approximate surface area is 137 Å². The number of rotatable bonds is 6. The summed E-state index contributed by atoms with van der Waals surface area (Å²) in [5.41, 5.74) is 3.03. The fourth-order valence-electron chi connectivity index (χ4n) is 2.40. The number of benzene rings is 1. The first-order chi connectivity index (χ1) is 11.1. The molecule has 0 bridgehead atoms. The Bertz CT molecular complexity index is 830. The van der Waals surface area contributed by atoms with Gasteiger partial charge in [-0.25, -0.2) is 4.98 Å². The first-order valence-corrected chi connectivity index (χ1v) is 8.20. The molecule has 5 nitrogen and oxygen atoms in total. The molecule has 0 spiro atoms. The molecule has 3 rings (SSSR count). The van der Waals surface area contributed by atoms with E-state index in [1.165, 1.54) is 0 Å². The van der Waals surface area contributed by atoms with Crippen LogP contribution in [0.4, 0.5) is 0 Å². The summed E-state index contributed by atoms with van der Waals surface area (Å²) >= 11 is 1.64. The van der Waals surface area contributed by atoms with Crippen LogP contribution in [0.5, 0.6) is 0 Å². The number of aryl methyl sites for hydroxylation is 1. The molecule has 2 aromatic heterocycles. The van der Waals surface area contributed by atoms with Gasteiger partial charge in [0.05, 0.1) is 16.4 Å². The Hall–Kier alpha value is -2.47. The van der Waals surface area contributed by atoms with Crippen LogP contribution < -0.4 is 0 Å². The van der Waals surface area contributed by atoms with E-state index in [1.54, 1.807) is 22.2 Å². The Morgan fingerprint density at radius 1 is 1.35 bits per heavy atom. The van der Waals surface area contributed by atoms with Gasteiger partial charge in [-0.2, -0.15) is 5.10 Å². The fraction of sp³-hybridized carbons (Fsp3) is 0.235. The van der Waals surface area contributed by atoms with Crippen molar-refractivity contribution in [3.8, 4) is 0 Å². The average Bonchev–Trinajstić information content (AvgIpc) is 3.11. The molecule has 2 heterocycles. The first-order valence-electron chi connectivity index (χ1n) is 7.39. The van der Waals surface area contributed by atoms with Crippen molar-refractivity contribution in [3.05, 3.63) is 47.2 Å². The Balaban J connectivity index is 1.93. The lowest BCUT2D eigenvalue weighted by atomic mass is 10.1. The number of carboxylic acid groups (broad SMARTS) is 1. The minimum absolute atomic E-state index is 0.162. The first kappa shape index (κ1) is 15.4. The van der Waals surface area contributed by atoms with Crippen molar-refractivity contribution >= 4 is 39.2 Å². The summed E-state index contributed by atoms with van der Waals surface area (Å²) in [6.45, 7) is 0. The predicted octanol–water partition coefficient (Wildman–Crippen LogP) is 3.83. The zero-order chi connectivity index (χ0) is 16.2. The summed E-state index contributed by atoms with van der Waals surface area (Å²) < 4.78 is 2.89. The molecule has 3 aromatic rings. The summed E-state index contributed by atoms with van der Waals surface area (Å²) in [6.07, 6.45) is 7.22. The maximum Gasteiger partial charge on any atom is 0.303 e. The maximum absolute atomic E-state index is 10.8. The van der Waals surface area contributed by atoms with Gasteiger partial charge in [0.15, 0.2) is 0 Å². The third-order valence-electron chi connectivity index (χ3n) is 3.47. The smallest absolute Gasteiger partial charge is 0.303 e. The van der Waals surface area contributed by atoms with Gasteiger partial charge >= 0.3 is 5.97 Å². The van der Waals surface area contributed by atoms with Crippen LogP contribution in [0.3, 0.4) is 0 Å². The van der Waals surface area contributed by atoms with Gasteiger partial charge in [0.2, 0.25) is 0 Å². The molecule has 0 amide bonds. The number of carboxylic acids is 1. The number of hydrogen-bond donors (Lipinski definition) is 1. The molecule has 0 radical (unpaired) electrons. The molecule has 1 N–H and O–H groups in total. The van der Waals surface area contributed by atoms with Gasteiger partial charge in [-0.1, -0.05) is 12.1 Å². The zero-order valence-electron chi connectivity index (χ0n) is 12.8. The highest BCUT2D eigenvalue weighted by molar-refractivity contribution is 7.19. The Morgan fingerprint density at radius 2 is 2.17 bits per heavy atom. The molecule has 118 valence electrons. The number of allylic oxidation sites excluding steroid dienone is 1. The van der Waals surface area contributed by atoms with E-state index in [9.17, 15) is 4.79 Å². The van der Waals surface area contributed by atoms with Crippen molar-refractivity contribution in [3.63, 3.8) is 0 Å². The molecule has 0 aliphatic heterocycles. The third-order valence-corrected chi connectivity index (χ3v) is 4.58. The molecule has 6 heteroatoms. The number of fused-ring (bicyclic) bond motifs is 1. The molecule has 23 heavy (non-hydrogen) atoms. The van der Waals surface area contributed by atoms with E-state index in [2.05, 4.69) is 16.1 Å². The molecule has 0 aliphatic carbocycles. The lowest BCUT2D eigenvalue weighted by Gasteiger charge is -2.02. The number of para-hydroxylation sites is 1. The second kappa shape index (κ2) is 6.75. The van der Waals surface area contributed by atoms with Crippen LogP contribution in [0.15, 0.2) is 36.7 Å². The van der Waals surface area contributed by atoms with E-state index < -0.39 is 5.97 Å². The van der Waals surface area contributed by atoms with Crippen LogP contribution in [0.1, 0.15) is 29.8 Å². The molecule has 0 fully saturated rings. The quantitative estimate of drug-likeness (QED) is 0.747. The van der Waals surface area contributed by atoms with Crippen LogP contribution >= 0.6 is 11.3 Å². The second-order valence-electron chi connectivity index (χ2n) is 5.35. The zero-order valence-corrected chi connectivity index (χ0v) is 13.6. The molecular formula is C17H17N3O2S. The van der Waals surface area contributed by atoms with Gasteiger partial charge in [0.25, 0.3) is 0 Å². The van der Waals surface area contributed by atoms with E-state index in [-0.39, 0.29) is 6.42 Å². The normalized spacial score (nSPS) is 12.0. The summed E-state index contributed by atoms with van der Waals surface area (Å²) in [7, 11) is 1.87. The molecule has 0 saturated carbocycles. The molecule has 0 unspecified atom stereocenters. The number of nitrogens with zero attached hydrogens (tertiary/aromatic N) is 3. The third kappa shape index (κ3) is 3.84. The van der Waals surface area contributed by atoms with Gasteiger partial charge in [-0.05, 0) is 36.6 Å². The molecule has 0 saturated heterocycles. The highest BCUT2D eigenvalue weighted by Gasteiger charge is 2.10. The van der Waals surface area contributed by atoms with Crippen molar-refractivity contribution in [1.82, 2.24) is 14.8 Å². The molecule has 0 atom stereocenters. The maximum atomic E-state index is 10.8. The lowest BCUT2D eigenvalue weighted by Crippen LogP contribution is -1.94. The van der Waals surface area contributed by atoms with E-state index in [0.29, 0.717) is 12.8 Å². The summed E-state index contributed by atoms with van der Waals surface area (Å²) in [5, 5.41) is 14.0. The number of aromatic nitrogens is 3.